The molecule has 2 amide bonds. The van der Waals surface area contributed by atoms with Crippen LogP contribution in [0.2, 0.25) is 0 Å². The molecule has 10 heteroatoms. The van der Waals surface area contributed by atoms with Crippen molar-refractivity contribution in [1.29, 1.82) is 0 Å². The van der Waals surface area contributed by atoms with E-state index >= 15 is 0 Å². The smallest absolute Gasteiger partial charge is 0.255 e. The minimum Gasteiger partial charge on any atom is -0.494 e. The zero-order chi connectivity index (χ0) is 27.8. The van der Waals surface area contributed by atoms with Crippen LogP contribution in [0.4, 0.5) is 10.8 Å². The topological polar surface area (TPSA) is 98.8 Å². The van der Waals surface area contributed by atoms with Crippen molar-refractivity contribution in [3.05, 3.63) is 77.7 Å². The Morgan fingerprint density at radius 3 is 2.33 bits per heavy atom. The number of nitrogens with one attached hydrogen (secondary N) is 2. The monoisotopic (exact) mass is 563 g/mol. The van der Waals surface area contributed by atoms with Gasteiger partial charge in [0.15, 0.2) is 16.6 Å². The number of ether oxygens (including phenoxy) is 3. The van der Waals surface area contributed by atoms with Gasteiger partial charge in [0.1, 0.15) is 5.75 Å². The minimum atomic E-state index is -0.352. The van der Waals surface area contributed by atoms with Crippen LogP contribution in [0.1, 0.15) is 24.2 Å². The van der Waals surface area contributed by atoms with Crippen LogP contribution in [0.25, 0.3) is 11.3 Å². The van der Waals surface area contributed by atoms with Gasteiger partial charge in [-0.1, -0.05) is 0 Å². The zero-order valence-electron chi connectivity index (χ0n) is 22.0. The van der Waals surface area contributed by atoms with Gasteiger partial charge in [-0.05, 0) is 80.6 Å². The summed E-state index contributed by atoms with van der Waals surface area (Å²) in [4.78, 5) is 30.9. The van der Waals surface area contributed by atoms with Crippen molar-refractivity contribution in [2.75, 3.05) is 31.5 Å². The lowest BCUT2D eigenvalue weighted by Gasteiger charge is -2.12. The summed E-state index contributed by atoms with van der Waals surface area (Å²) >= 11 is 2.80. The second-order valence-corrected chi connectivity index (χ2v) is 10.6. The summed E-state index contributed by atoms with van der Waals surface area (Å²) in [7, 11) is 3.07. The van der Waals surface area contributed by atoms with E-state index in [1.165, 1.54) is 30.2 Å². The molecule has 0 spiro atoms. The van der Waals surface area contributed by atoms with E-state index in [-0.39, 0.29) is 17.1 Å². The number of thiazole rings is 1. The number of hydrogen-bond donors (Lipinski definition) is 2. The zero-order valence-corrected chi connectivity index (χ0v) is 23.7. The molecule has 0 aliphatic heterocycles. The normalized spacial score (nSPS) is 11.4. The van der Waals surface area contributed by atoms with Gasteiger partial charge in [0.25, 0.3) is 5.91 Å². The fourth-order valence-electron chi connectivity index (χ4n) is 3.61. The summed E-state index contributed by atoms with van der Waals surface area (Å²) in [5.74, 6) is 1.44. The van der Waals surface area contributed by atoms with Crippen LogP contribution in [0, 0.1) is 0 Å². The lowest BCUT2D eigenvalue weighted by Crippen LogP contribution is -2.22. The third kappa shape index (κ3) is 7.30. The molecule has 2 N–H and O–H groups in total. The van der Waals surface area contributed by atoms with Crippen molar-refractivity contribution in [3.63, 3.8) is 0 Å². The average molecular weight is 564 g/mol. The minimum absolute atomic E-state index is 0.140. The Labute approximate surface area is 235 Å². The van der Waals surface area contributed by atoms with E-state index < -0.39 is 0 Å². The second-order valence-electron chi connectivity index (χ2n) is 8.29. The van der Waals surface area contributed by atoms with Gasteiger partial charge < -0.3 is 24.8 Å². The number of amides is 2. The molecule has 1 atom stereocenters. The summed E-state index contributed by atoms with van der Waals surface area (Å²) in [6.07, 6.45) is 0. The maximum absolute atomic E-state index is 12.8. The number of benzene rings is 3. The molecule has 0 aliphatic carbocycles. The third-order valence-corrected chi connectivity index (χ3v) is 7.51. The number of methoxy groups -OCH3 is 2. The molecule has 1 unspecified atom stereocenters. The third-order valence-electron chi connectivity index (χ3n) is 5.64. The highest BCUT2D eigenvalue weighted by Gasteiger charge is 2.17. The molecule has 0 saturated carbocycles. The van der Waals surface area contributed by atoms with E-state index in [2.05, 4.69) is 15.6 Å². The molecule has 39 heavy (non-hydrogen) atoms. The van der Waals surface area contributed by atoms with Crippen molar-refractivity contribution in [1.82, 2.24) is 4.98 Å². The van der Waals surface area contributed by atoms with Crippen molar-refractivity contribution >= 4 is 45.7 Å². The van der Waals surface area contributed by atoms with Gasteiger partial charge in [-0.2, -0.15) is 0 Å². The highest BCUT2D eigenvalue weighted by Crippen LogP contribution is 2.30. The largest absolute Gasteiger partial charge is 0.494 e. The number of carbonyl (C=O) groups excluding carboxylic acids is 2. The van der Waals surface area contributed by atoms with Crippen LogP contribution in [0.3, 0.4) is 0 Å². The summed E-state index contributed by atoms with van der Waals surface area (Å²) < 4.78 is 16.0. The van der Waals surface area contributed by atoms with Crippen molar-refractivity contribution < 1.29 is 23.8 Å². The number of anilines is 2. The first kappa shape index (κ1) is 28.0. The van der Waals surface area contributed by atoms with Gasteiger partial charge in [-0.25, -0.2) is 4.98 Å². The van der Waals surface area contributed by atoms with Gasteiger partial charge in [0.2, 0.25) is 5.91 Å². The van der Waals surface area contributed by atoms with Gasteiger partial charge in [0, 0.05) is 27.1 Å². The molecule has 4 aromatic rings. The summed E-state index contributed by atoms with van der Waals surface area (Å²) in [6.45, 7) is 4.40. The molecule has 0 radical (unpaired) electrons. The number of aromatic nitrogens is 1. The van der Waals surface area contributed by atoms with E-state index in [0.717, 1.165) is 21.9 Å². The van der Waals surface area contributed by atoms with Gasteiger partial charge in [-0.3, -0.25) is 9.59 Å². The Kier molecular flexibility index (Phi) is 9.45. The molecule has 0 fully saturated rings. The lowest BCUT2D eigenvalue weighted by atomic mass is 10.2. The summed E-state index contributed by atoms with van der Waals surface area (Å²) in [5.41, 5.74) is 2.84. The van der Waals surface area contributed by atoms with Crippen LogP contribution in [-0.4, -0.2) is 42.9 Å². The lowest BCUT2D eigenvalue weighted by molar-refractivity contribution is -0.115. The van der Waals surface area contributed by atoms with Gasteiger partial charge in [0.05, 0.1) is 31.8 Å². The molecule has 4 rings (SSSR count). The van der Waals surface area contributed by atoms with Gasteiger partial charge >= 0.3 is 0 Å². The maximum atomic E-state index is 12.8. The first-order chi connectivity index (χ1) is 18.9. The molecule has 0 bridgehead atoms. The second kappa shape index (κ2) is 13.2. The molecule has 0 aliphatic rings. The highest BCUT2D eigenvalue weighted by molar-refractivity contribution is 8.00. The van der Waals surface area contributed by atoms with E-state index in [0.29, 0.717) is 34.5 Å². The number of carbonyl (C=O) groups is 2. The fourth-order valence-corrected chi connectivity index (χ4v) is 5.20. The molecule has 8 nitrogen and oxygen atoms in total. The fraction of sp³-hybridized carbons (Fsp3) is 0.207. The van der Waals surface area contributed by atoms with Crippen molar-refractivity contribution in [2.45, 2.75) is 24.0 Å². The summed E-state index contributed by atoms with van der Waals surface area (Å²) in [6, 6.07) is 20.0. The number of rotatable bonds is 11. The van der Waals surface area contributed by atoms with Crippen LogP contribution in [-0.2, 0) is 4.79 Å². The molecular weight excluding hydrogens is 534 g/mol. The average Bonchev–Trinajstić information content (AvgIpc) is 3.42. The quantitative estimate of drug-likeness (QED) is 0.198. The van der Waals surface area contributed by atoms with Crippen molar-refractivity contribution in [3.8, 4) is 28.5 Å². The molecule has 0 saturated heterocycles. The predicted octanol–water partition coefficient (Wildman–Crippen LogP) is 6.60. The Morgan fingerprint density at radius 2 is 1.67 bits per heavy atom. The van der Waals surface area contributed by atoms with Crippen molar-refractivity contribution in [2.24, 2.45) is 0 Å². The highest BCUT2D eigenvalue weighted by atomic mass is 32.2. The molecular formula is C29H29N3O5S2. The Balaban J connectivity index is 1.31. The number of hydrogen-bond acceptors (Lipinski definition) is 8. The van der Waals surface area contributed by atoms with E-state index in [4.69, 9.17) is 14.2 Å². The maximum Gasteiger partial charge on any atom is 0.255 e. The number of nitrogens with zero attached hydrogens (tertiary/aromatic N) is 1. The first-order valence-electron chi connectivity index (χ1n) is 12.2. The standard InChI is InChI=1S/C29H29N3O5S2/c1-5-37-22-11-6-19(7-12-22)24-17-38-29(31-24)32-27(33)18(2)39-23-13-9-21(10-14-23)30-28(34)20-8-15-25(35-3)26(16-20)36-4/h6-18H,5H2,1-4H3,(H,30,34)(H,31,32,33). The Hall–Kier alpha value is -4.02. The van der Waals surface area contributed by atoms with E-state index in [1.807, 2.05) is 55.6 Å². The van der Waals surface area contributed by atoms with E-state index in [1.54, 1.807) is 37.4 Å². The predicted molar refractivity (Wildman–Crippen MR) is 157 cm³/mol. The Morgan fingerprint density at radius 1 is 0.949 bits per heavy atom. The van der Waals surface area contributed by atoms with Crippen LogP contribution >= 0.6 is 23.1 Å². The van der Waals surface area contributed by atoms with Crippen LogP contribution in [0.15, 0.2) is 77.0 Å². The molecule has 1 aromatic heterocycles. The van der Waals surface area contributed by atoms with Crippen LogP contribution < -0.4 is 24.8 Å². The Bertz CT molecular complexity index is 1420. The number of thioether (sulfide) groups is 1. The SMILES string of the molecule is CCOc1ccc(-c2csc(NC(=O)C(C)Sc3ccc(NC(=O)c4ccc(OC)c(OC)c4)cc3)n2)cc1. The summed E-state index contributed by atoms with van der Waals surface area (Å²) in [5, 5.41) is 7.88. The molecule has 202 valence electrons. The molecule has 1 heterocycles. The van der Waals surface area contributed by atoms with Gasteiger partial charge in [-0.15, -0.1) is 23.1 Å². The molecule has 3 aromatic carbocycles. The van der Waals surface area contributed by atoms with E-state index in [9.17, 15) is 9.59 Å². The first-order valence-corrected chi connectivity index (χ1v) is 14.0. The van der Waals surface area contributed by atoms with Crippen LogP contribution in [0.5, 0.6) is 17.2 Å².